The molecule has 1 aromatic carbocycles. The van der Waals surface area contributed by atoms with Crippen molar-refractivity contribution in [3.8, 4) is 11.5 Å². The molecular formula is C13H18ClNO2. The Bertz CT molecular complexity index is 402. The summed E-state index contributed by atoms with van der Waals surface area (Å²) in [5.41, 5.74) is 6.86. The third-order valence-corrected chi connectivity index (χ3v) is 2.83. The van der Waals surface area contributed by atoms with Gasteiger partial charge in [-0.2, -0.15) is 0 Å². The molecule has 0 bridgehead atoms. The minimum atomic E-state index is -0.109. The minimum Gasteiger partial charge on any atom is -0.493 e. The molecule has 1 aliphatic carbocycles. The fourth-order valence-electron chi connectivity index (χ4n) is 1.46. The maximum Gasteiger partial charge on any atom is 0.161 e. The molecule has 2 rings (SSSR count). The van der Waals surface area contributed by atoms with Gasteiger partial charge >= 0.3 is 0 Å². The van der Waals surface area contributed by atoms with Crippen LogP contribution in [0.4, 0.5) is 0 Å². The second-order valence-electron chi connectivity index (χ2n) is 4.27. The molecule has 4 heteroatoms. The lowest BCUT2D eigenvalue weighted by molar-refractivity contribution is 0.264. The second-order valence-corrected chi connectivity index (χ2v) is 4.27. The Morgan fingerprint density at radius 3 is 2.65 bits per heavy atom. The summed E-state index contributed by atoms with van der Waals surface area (Å²) in [5, 5.41) is 0. The maximum atomic E-state index is 5.96. The van der Waals surface area contributed by atoms with Gasteiger partial charge in [0.25, 0.3) is 0 Å². The zero-order valence-corrected chi connectivity index (χ0v) is 10.8. The third-order valence-electron chi connectivity index (χ3n) is 2.83. The van der Waals surface area contributed by atoms with Crippen molar-refractivity contribution in [1.29, 1.82) is 0 Å². The topological polar surface area (TPSA) is 44.5 Å². The number of hydrogen-bond donors (Lipinski definition) is 1. The van der Waals surface area contributed by atoms with E-state index in [1.54, 1.807) is 13.2 Å². The molecular weight excluding hydrogens is 238 g/mol. The van der Waals surface area contributed by atoms with Crippen molar-refractivity contribution >= 4 is 18.5 Å². The fraction of sp³-hybridized carbons (Fsp3) is 0.385. The average Bonchev–Trinajstić information content (AvgIpc) is 3.05. The van der Waals surface area contributed by atoms with Crippen molar-refractivity contribution in [2.45, 2.75) is 18.4 Å². The van der Waals surface area contributed by atoms with Crippen molar-refractivity contribution in [3.63, 3.8) is 0 Å². The van der Waals surface area contributed by atoms with Crippen LogP contribution in [-0.4, -0.2) is 19.3 Å². The molecule has 0 saturated heterocycles. The Morgan fingerprint density at radius 1 is 1.41 bits per heavy atom. The lowest BCUT2D eigenvalue weighted by Crippen LogP contribution is -2.29. The van der Waals surface area contributed by atoms with E-state index in [2.05, 4.69) is 6.58 Å². The van der Waals surface area contributed by atoms with Crippen LogP contribution < -0.4 is 15.2 Å². The SMILES string of the molecule is C=Cc1ccc(OCC2(N)CC2)c(OC)c1.Cl. The van der Waals surface area contributed by atoms with E-state index in [4.69, 9.17) is 15.2 Å². The zero-order chi connectivity index (χ0) is 11.6. The Balaban J connectivity index is 0.00000144. The number of rotatable bonds is 5. The van der Waals surface area contributed by atoms with Gasteiger partial charge in [-0.25, -0.2) is 0 Å². The predicted octanol–water partition coefficient (Wildman–Crippen LogP) is 2.63. The van der Waals surface area contributed by atoms with Gasteiger partial charge in [-0.05, 0) is 30.5 Å². The molecule has 1 aliphatic rings. The lowest BCUT2D eigenvalue weighted by Gasteiger charge is -2.14. The normalized spacial score (nSPS) is 15.6. The van der Waals surface area contributed by atoms with Gasteiger partial charge in [-0.1, -0.05) is 18.7 Å². The average molecular weight is 256 g/mol. The standard InChI is InChI=1S/C13H17NO2.ClH/c1-3-10-4-5-11(12(8-10)15-2)16-9-13(14)6-7-13;/h3-5,8H,1,6-7,9,14H2,2H3;1H. The molecule has 0 amide bonds. The molecule has 0 aliphatic heterocycles. The monoisotopic (exact) mass is 255 g/mol. The van der Waals surface area contributed by atoms with Gasteiger partial charge in [0.15, 0.2) is 11.5 Å². The largest absolute Gasteiger partial charge is 0.493 e. The summed E-state index contributed by atoms with van der Waals surface area (Å²) in [6, 6.07) is 5.74. The molecule has 0 heterocycles. The number of methoxy groups -OCH3 is 1. The fourth-order valence-corrected chi connectivity index (χ4v) is 1.46. The zero-order valence-electron chi connectivity index (χ0n) is 9.94. The first kappa shape index (κ1) is 13.9. The minimum absolute atomic E-state index is 0. The third kappa shape index (κ3) is 3.38. The van der Waals surface area contributed by atoms with Crippen molar-refractivity contribution in [2.24, 2.45) is 5.73 Å². The summed E-state index contributed by atoms with van der Waals surface area (Å²) in [7, 11) is 1.63. The smallest absolute Gasteiger partial charge is 0.161 e. The van der Waals surface area contributed by atoms with Crippen molar-refractivity contribution in [2.75, 3.05) is 13.7 Å². The maximum absolute atomic E-state index is 5.96. The van der Waals surface area contributed by atoms with Crippen LogP contribution in [0.5, 0.6) is 11.5 Å². The van der Waals surface area contributed by atoms with E-state index in [9.17, 15) is 0 Å². The number of hydrogen-bond acceptors (Lipinski definition) is 3. The van der Waals surface area contributed by atoms with Gasteiger partial charge in [-0.3, -0.25) is 0 Å². The molecule has 0 atom stereocenters. The summed E-state index contributed by atoms with van der Waals surface area (Å²) in [6.07, 6.45) is 3.86. The Morgan fingerprint density at radius 2 is 2.12 bits per heavy atom. The van der Waals surface area contributed by atoms with E-state index in [1.807, 2.05) is 18.2 Å². The molecule has 0 spiro atoms. The van der Waals surface area contributed by atoms with Gasteiger partial charge in [0.2, 0.25) is 0 Å². The van der Waals surface area contributed by atoms with Crippen LogP contribution in [0.25, 0.3) is 6.08 Å². The molecule has 0 unspecified atom stereocenters. The summed E-state index contributed by atoms with van der Waals surface area (Å²) >= 11 is 0. The molecule has 2 N–H and O–H groups in total. The molecule has 1 aromatic rings. The highest BCUT2D eigenvalue weighted by atomic mass is 35.5. The van der Waals surface area contributed by atoms with Crippen LogP contribution in [0, 0.1) is 0 Å². The van der Waals surface area contributed by atoms with Crippen LogP contribution in [0.2, 0.25) is 0 Å². The van der Waals surface area contributed by atoms with Gasteiger partial charge in [-0.15, -0.1) is 12.4 Å². The predicted molar refractivity (Wildman–Crippen MR) is 72.0 cm³/mol. The number of halogens is 1. The van der Waals surface area contributed by atoms with E-state index >= 15 is 0 Å². The first-order chi connectivity index (χ1) is 7.67. The molecule has 17 heavy (non-hydrogen) atoms. The van der Waals surface area contributed by atoms with Crippen LogP contribution in [0.15, 0.2) is 24.8 Å². The quantitative estimate of drug-likeness (QED) is 0.880. The molecule has 94 valence electrons. The molecule has 0 aromatic heterocycles. The van der Waals surface area contributed by atoms with Crippen molar-refractivity contribution in [1.82, 2.24) is 0 Å². The number of benzene rings is 1. The summed E-state index contributed by atoms with van der Waals surface area (Å²) in [6.45, 7) is 4.27. The molecule has 3 nitrogen and oxygen atoms in total. The van der Waals surface area contributed by atoms with Crippen molar-refractivity contribution < 1.29 is 9.47 Å². The first-order valence-corrected chi connectivity index (χ1v) is 5.39. The van der Waals surface area contributed by atoms with E-state index in [0.29, 0.717) is 6.61 Å². The van der Waals surface area contributed by atoms with Crippen LogP contribution >= 0.6 is 12.4 Å². The van der Waals surface area contributed by atoms with Gasteiger partial charge in [0.1, 0.15) is 6.61 Å². The molecule has 1 fully saturated rings. The van der Waals surface area contributed by atoms with E-state index in [1.165, 1.54) is 0 Å². The van der Waals surface area contributed by atoms with Gasteiger partial charge < -0.3 is 15.2 Å². The number of ether oxygens (including phenoxy) is 2. The second kappa shape index (κ2) is 5.43. The highest BCUT2D eigenvalue weighted by Gasteiger charge is 2.39. The molecule has 0 radical (unpaired) electrons. The van der Waals surface area contributed by atoms with Gasteiger partial charge in [0, 0.05) is 0 Å². The van der Waals surface area contributed by atoms with Gasteiger partial charge in [0.05, 0.1) is 12.6 Å². The van der Waals surface area contributed by atoms with E-state index < -0.39 is 0 Å². The Kier molecular flexibility index (Phi) is 4.43. The summed E-state index contributed by atoms with van der Waals surface area (Å²) < 4.78 is 10.9. The number of nitrogens with two attached hydrogens (primary N) is 1. The van der Waals surface area contributed by atoms with E-state index in [0.717, 1.165) is 29.9 Å². The summed E-state index contributed by atoms with van der Waals surface area (Å²) in [5.74, 6) is 1.46. The lowest BCUT2D eigenvalue weighted by atomic mass is 10.2. The molecule has 1 saturated carbocycles. The Labute approximate surface area is 108 Å². The highest BCUT2D eigenvalue weighted by Crippen LogP contribution is 2.35. The van der Waals surface area contributed by atoms with Crippen molar-refractivity contribution in [3.05, 3.63) is 30.3 Å². The van der Waals surface area contributed by atoms with E-state index in [-0.39, 0.29) is 17.9 Å². The first-order valence-electron chi connectivity index (χ1n) is 5.39. The van der Waals surface area contributed by atoms with Crippen LogP contribution in [0.1, 0.15) is 18.4 Å². The highest BCUT2D eigenvalue weighted by molar-refractivity contribution is 5.85. The van der Waals surface area contributed by atoms with Crippen LogP contribution in [-0.2, 0) is 0 Å². The van der Waals surface area contributed by atoms with Crippen LogP contribution in [0.3, 0.4) is 0 Å². The summed E-state index contributed by atoms with van der Waals surface area (Å²) in [4.78, 5) is 0. The Hall–Kier alpha value is -1.19.